The van der Waals surface area contributed by atoms with Crippen LogP contribution >= 0.6 is 0 Å². The molecule has 0 fully saturated rings. The van der Waals surface area contributed by atoms with E-state index in [4.69, 9.17) is 14.2 Å². The first kappa shape index (κ1) is 33.3. The monoisotopic (exact) mass is 611 g/mol. The van der Waals surface area contributed by atoms with Crippen molar-refractivity contribution in [3.8, 4) is 17.2 Å². The molecule has 43 heavy (non-hydrogen) atoms. The molecule has 0 bridgehead atoms. The zero-order valence-electron chi connectivity index (χ0n) is 25.8. The van der Waals surface area contributed by atoms with Gasteiger partial charge in [0, 0.05) is 18.7 Å². The standard InChI is InChI=1S/C32H41N3O7S/c1-8-23(3)33-32(37)24(4)34(20-25-11-14-27(40-5)15-12-25)31(36)21-35(26-13-18-29(41-6)30(19-26)42-7)43(38,39)28-16-9-22(2)10-17-28/h9-19,23-24H,8,20-21H2,1-7H3,(H,33,37)/t23-,24-/m1/s1. The minimum Gasteiger partial charge on any atom is -0.497 e. The van der Waals surface area contributed by atoms with E-state index in [1.165, 1.54) is 37.3 Å². The Hall–Kier alpha value is -4.25. The van der Waals surface area contributed by atoms with Crippen LogP contribution in [0.25, 0.3) is 0 Å². The van der Waals surface area contributed by atoms with Gasteiger partial charge in [-0.2, -0.15) is 0 Å². The second-order valence-electron chi connectivity index (χ2n) is 10.2. The largest absolute Gasteiger partial charge is 0.497 e. The molecule has 0 spiro atoms. The molecular formula is C32H41N3O7S. The van der Waals surface area contributed by atoms with E-state index in [1.54, 1.807) is 62.6 Å². The molecule has 0 saturated heterocycles. The van der Waals surface area contributed by atoms with Crippen LogP contribution in [0.2, 0.25) is 0 Å². The van der Waals surface area contributed by atoms with Crippen LogP contribution in [0.5, 0.6) is 17.2 Å². The van der Waals surface area contributed by atoms with E-state index >= 15 is 0 Å². The van der Waals surface area contributed by atoms with Gasteiger partial charge in [-0.1, -0.05) is 36.8 Å². The Bertz CT molecular complexity index is 1490. The quantitative estimate of drug-likeness (QED) is 0.285. The summed E-state index contributed by atoms with van der Waals surface area (Å²) in [6, 6.07) is 17.2. The molecule has 0 heterocycles. The average Bonchev–Trinajstić information content (AvgIpc) is 3.01. The maximum Gasteiger partial charge on any atom is 0.264 e. The summed E-state index contributed by atoms with van der Waals surface area (Å²) in [5, 5.41) is 2.93. The molecule has 2 amide bonds. The number of anilines is 1. The first-order chi connectivity index (χ1) is 20.4. The van der Waals surface area contributed by atoms with Crippen LogP contribution in [-0.2, 0) is 26.2 Å². The molecule has 232 valence electrons. The average molecular weight is 612 g/mol. The number of rotatable bonds is 14. The lowest BCUT2D eigenvalue weighted by atomic mass is 10.1. The lowest BCUT2D eigenvalue weighted by molar-refractivity contribution is -0.139. The summed E-state index contributed by atoms with van der Waals surface area (Å²) in [5.74, 6) is 0.450. The summed E-state index contributed by atoms with van der Waals surface area (Å²) < 4.78 is 45.2. The number of benzene rings is 3. The lowest BCUT2D eigenvalue weighted by Gasteiger charge is -2.32. The molecule has 0 unspecified atom stereocenters. The minimum atomic E-state index is -4.22. The van der Waals surface area contributed by atoms with Crippen LogP contribution in [0, 0.1) is 6.92 Å². The van der Waals surface area contributed by atoms with E-state index in [0.29, 0.717) is 23.7 Å². The molecule has 11 heteroatoms. The van der Waals surface area contributed by atoms with Crippen molar-refractivity contribution in [2.24, 2.45) is 0 Å². The SMILES string of the molecule is CC[C@@H](C)NC(=O)[C@@H](C)N(Cc1ccc(OC)cc1)C(=O)CN(c1ccc(OC)c(OC)c1)S(=O)(=O)c1ccc(C)cc1. The zero-order valence-corrected chi connectivity index (χ0v) is 26.6. The van der Waals surface area contributed by atoms with Crippen LogP contribution in [0.4, 0.5) is 5.69 Å². The number of hydrogen-bond acceptors (Lipinski definition) is 7. The molecule has 0 aliphatic carbocycles. The number of nitrogens with one attached hydrogen (secondary N) is 1. The molecule has 3 rings (SSSR count). The Morgan fingerprint density at radius 1 is 0.860 bits per heavy atom. The summed E-state index contributed by atoms with van der Waals surface area (Å²) in [4.78, 5) is 28.8. The summed E-state index contributed by atoms with van der Waals surface area (Å²) >= 11 is 0. The Morgan fingerprint density at radius 3 is 2.05 bits per heavy atom. The summed E-state index contributed by atoms with van der Waals surface area (Å²) in [7, 11) is 0.258. The second-order valence-corrected chi connectivity index (χ2v) is 12.1. The van der Waals surface area contributed by atoms with E-state index in [-0.39, 0.29) is 29.1 Å². The highest BCUT2D eigenvalue weighted by molar-refractivity contribution is 7.92. The molecule has 1 N–H and O–H groups in total. The van der Waals surface area contributed by atoms with Gasteiger partial charge in [-0.3, -0.25) is 13.9 Å². The van der Waals surface area contributed by atoms with Gasteiger partial charge in [-0.05, 0) is 69.2 Å². The number of ether oxygens (including phenoxy) is 3. The van der Waals surface area contributed by atoms with Gasteiger partial charge in [0.25, 0.3) is 10.0 Å². The number of carbonyl (C=O) groups excluding carboxylic acids is 2. The molecule has 0 aliphatic rings. The zero-order chi connectivity index (χ0) is 31.7. The molecule has 0 aromatic heterocycles. The molecule has 3 aromatic rings. The van der Waals surface area contributed by atoms with Crippen LogP contribution in [0.15, 0.2) is 71.6 Å². The van der Waals surface area contributed by atoms with Crippen molar-refractivity contribution >= 4 is 27.5 Å². The van der Waals surface area contributed by atoms with Crippen LogP contribution < -0.4 is 23.8 Å². The van der Waals surface area contributed by atoms with E-state index in [1.807, 2.05) is 20.8 Å². The van der Waals surface area contributed by atoms with Gasteiger partial charge >= 0.3 is 0 Å². The van der Waals surface area contributed by atoms with Gasteiger partial charge in [0.1, 0.15) is 18.3 Å². The van der Waals surface area contributed by atoms with Gasteiger partial charge < -0.3 is 24.4 Å². The number of amides is 2. The van der Waals surface area contributed by atoms with Gasteiger partial charge in [0.2, 0.25) is 11.8 Å². The third-order valence-electron chi connectivity index (χ3n) is 7.22. The molecule has 0 aliphatic heterocycles. The van der Waals surface area contributed by atoms with Crippen LogP contribution in [0.3, 0.4) is 0 Å². The van der Waals surface area contributed by atoms with Gasteiger partial charge in [-0.25, -0.2) is 8.42 Å². The van der Waals surface area contributed by atoms with Gasteiger partial charge in [0.15, 0.2) is 11.5 Å². The lowest BCUT2D eigenvalue weighted by Crippen LogP contribution is -2.52. The van der Waals surface area contributed by atoms with E-state index < -0.39 is 28.5 Å². The Kier molecular flexibility index (Phi) is 11.4. The van der Waals surface area contributed by atoms with Crippen molar-refractivity contribution < 1.29 is 32.2 Å². The number of carbonyl (C=O) groups is 2. The molecule has 0 radical (unpaired) electrons. The molecule has 2 atom stereocenters. The van der Waals surface area contributed by atoms with Crippen LogP contribution in [0.1, 0.15) is 38.3 Å². The number of nitrogens with zero attached hydrogens (tertiary/aromatic N) is 2. The normalized spacial score (nSPS) is 12.5. The molecule has 10 nitrogen and oxygen atoms in total. The van der Waals surface area contributed by atoms with E-state index in [9.17, 15) is 18.0 Å². The summed E-state index contributed by atoms with van der Waals surface area (Å²) in [5.41, 5.74) is 1.84. The van der Waals surface area contributed by atoms with Crippen molar-refractivity contribution in [2.45, 2.75) is 57.6 Å². The van der Waals surface area contributed by atoms with Crippen molar-refractivity contribution in [1.82, 2.24) is 10.2 Å². The highest BCUT2D eigenvalue weighted by Crippen LogP contribution is 2.34. The predicted molar refractivity (Wildman–Crippen MR) is 166 cm³/mol. The van der Waals surface area contributed by atoms with E-state index in [0.717, 1.165) is 15.4 Å². The minimum absolute atomic E-state index is 0.0185. The Labute approximate surface area is 254 Å². The van der Waals surface area contributed by atoms with Crippen molar-refractivity contribution in [3.05, 3.63) is 77.9 Å². The fourth-order valence-corrected chi connectivity index (χ4v) is 5.73. The summed E-state index contributed by atoms with van der Waals surface area (Å²) in [6.45, 7) is 6.83. The maximum atomic E-state index is 14.1. The third-order valence-corrected chi connectivity index (χ3v) is 9.01. The van der Waals surface area contributed by atoms with Gasteiger partial charge in [0.05, 0.1) is 31.9 Å². The smallest absolute Gasteiger partial charge is 0.264 e. The van der Waals surface area contributed by atoms with Crippen LogP contribution in [-0.4, -0.2) is 65.1 Å². The van der Waals surface area contributed by atoms with Crippen molar-refractivity contribution in [1.29, 1.82) is 0 Å². The topological polar surface area (TPSA) is 114 Å². The highest BCUT2D eigenvalue weighted by atomic mass is 32.2. The number of hydrogen-bond donors (Lipinski definition) is 1. The first-order valence-electron chi connectivity index (χ1n) is 14.0. The second kappa shape index (κ2) is 14.8. The molecule has 0 saturated carbocycles. The maximum absolute atomic E-state index is 14.1. The van der Waals surface area contributed by atoms with Crippen molar-refractivity contribution in [2.75, 3.05) is 32.2 Å². The highest BCUT2D eigenvalue weighted by Gasteiger charge is 2.33. The Morgan fingerprint density at radius 2 is 1.49 bits per heavy atom. The van der Waals surface area contributed by atoms with Crippen molar-refractivity contribution in [3.63, 3.8) is 0 Å². The predicted octanol–water partition coefficient (Wildman–Crippen LogP) is 4.55. The van der Waals surface area contributed by atoms with E-state index in [2.05, 4.69) is 5.32 Å². The number of sulfonamides is 1. The summed E-state index contributed by atoms with van der Waals surface area (Å²) in [6.07, 6.45) is 0.715. The first-order valence-corrected chi connectivity index (χ1v) is 15.4. The molecule has 3 aromatic carbocycles. The third kappa shape index (κ3) is 8.19. The fourth-order valence-electron chi connectivity index (χ4n) is 4.32. The molecular weight excluding hydrogens is 570 g/mol. The number of aryl methyl sites for hydroxylation is 1. The number of methoxy groups -OCH3 is 3. The Balaban J connectivity index is 2.08. The fraction of sp³-hybridized carbons (Fsp3) is 0.375. The van der Waals surface area contributed by atoms with Gasteiger partial charge in [-0.15, -0.1) is 0 Å².